The van der Waals surface area contributed by atoms with Crippen LogP contribution in [0, 0.1) is 12.8 Å². The molecule has 1 aliphatic heterocycles. The predicted octanol–water partition coefficient (Wildman–Crippen LogP) is 3.65. The van der Waals surface area contributed by atoms with Gasteiger partial charge in [-0.05, 0) is 62.6 Å². The van der Waals surface area contributed by atoms with Crippen LogP contribution < -0.4 is 5.32 Å². The highest BCUT2D eigenvalue weighted by Gasteiger charge is 2.23. The number of carbonyl (C=O) groups is 1. The maximum Gasteiger partial charge on any atom is 0.238 e. The smallest absolute Gasteiger partial charge is 0.238 e. The molecule has 3 heterocycles. The lowest BCUT2D eigenvalue weighted by Crippen LogP contribution is -2.41. The summed E-state index contributed by atoms with van der Waals surface area (Å²) in [6.45, 7) is 4.28. The molecule has 0 spiro atoms. The van der Waals surface area contributed by atoms with Crippen LogP contribution in [0.1, 0.15) is 24.5 Å². The van der Waals surface area contributed by atoms with Gasteiger partial charge in [0, 0.05) is 25.7 Å². The van der Waals surface area contributed by atoms with Gasteiger partial charge in [0.05, 0.1) is 28.6 Å². The minimum atomic E-state index is 0.0244. The van der Waals surface area contributed by atoms with Gasteiger partial charge in [-0.15, -0.1) is 0 Å². The number of likely N-dealkylation sites (tertiary alicyclic amines) is 1. The van der Waals surface area contributed by atoms with Crippen LogP contribution >= 0.6 is 0 Å². The first-order chi connectivity index (χ1) is 15.0. The van der Waals surface area contributed by atoms with Gasteiger partial charge in [-0.2, -0.15) is 0 Å². The van der Waals surface area contributed by atoms with Crippen molar-refractivity contribution in [3.63, 3.8) is 0 Å². The van der Waals surface area contributed by atoms with E-state index in [9.17, 15) is 4.79 Å². The Bertz CT molecular complexity index is 1210. The summed E-state index contributed by atoms with van der Waals surface area (Å²) in [6.07, 6.45) is 3.20. The van der Waals surface area contributed by atoms with Crippen LogP contribution in [0.25, 0.3) is 22.1 Å². The number of nitrogens with zero attached hydrogens (tertiary/aromatic N) is 4. The monoisotopic (exact) mass is 416 g/mol. The van der Waals surface area contributed by atoms with Gasteiger partial charge >= 0.3 is 0 Å². The molecule has 1 atom stereocenters. The Hall–Kier alpha value is -3.19. The topological polar surface area (TPSA) is 78.8 Å². The molecule has 0 radical (unpaired) electrons. The second kappa shape index (κ2) is 8.15. The number of hydrogen-bond donors (Lipinski definition) is 2. The first kappa shape index (κ1) is 19.8. The molecule has 2 N–H and O–H groups in total. The minimum Gasteiger partial charge on any atom is -0.342 e. The lowest BCUT2D eigenvalue weighted by molar-refractivity contribution is -0.117. The van der Waals surface area contributed by atoms with Crippen molar-refractivity contribution < 1.29 is 4.79 Å². The van der Waals surface area contributed by atoms with Gasteiger partial charge < -0.3 is 14.9 Å². The van der Waals surface area contributed by atoms with Crippen molar-refractivity contribution in [3.8, 4) is 0 Å². The molecule has 0 aliphatic carbocycles. The van der Waals surface area contributed by atoms with E-state index in [0.717, 1.165) is 65.3 Å². The van der Waals surface area contributed by atoms with E-state index in [4.69, 9.17) is 4.98 Å². The van der Waals surface area contributed by atoms with Gasteiger partial charge in [-0.25, -0.2) is 9.97 Å². The Labute approximate surface area is 181 Å². The van der Waals surface area contributed by atoms with Crippen LogP contribution in [0.5, 0.6) is 0 Å². The number of imidazole rings is 2. The fraction of sp³-hybridized carbons (Fsp3) is 0.375. The van der Waals surface area contributed by atoms with Crippen LogP contribution in [-0.4, -0.2) is 50.0 Å². The van der Waals surface area contributed by atoms with Crippen molar-refractivity contribution in [1.29, 1.82) is 0 Å². The molecule has 7 nitrogen and oxygen atoms in total. The van der Waals surface area contributed by atoms with Gasteiger partial charge in [-0.3, -0.25) is 9.69 Å². The Balaban J connectivity index is 1.19. The fourth-order valence-corrected chi connectivity index (χ4v) is 4.64. The van der Waals surface area contributed by atoms with E-state index in [1.807, 2.05) is 50.4 Å². The van der Waals surface area contributed by atoms with Crippen molar-refractivity contribution in [3.05, 3.63) is 54.1 Å². The van der Waals surface area contributed by atoms with E-state index >= 15 is 0 Å². The zero-order valence-corrected chi connectivity index (χ0v) is 18.1. The number of amides is 1. The summed E-state index contributed by atoms with van der Waals surface area (Å²) in [6, 6.07) is 14.0. The maximum atomic E-state index is 12.7. The summed E-state index contributed by atoms with van der Waals surface area (Å²) in [4.78, 5) is 27.6. The number of benzene rings is 2. The van der Waals surface area contributed by atoms with Crippen LogP contribution in [0.4, 0.5) is 5.69 Å². The lowest BCUT2D eigenvalue weighted by Gasteiger charge is -2.31. The fourth-order valence-electron chi connectivity index (χ4n) is 4.64. The molecule has 1 saturated heterocycles. The number of aromatic amines is 1. The normalized spacial score (nSPS) is 17.4. The molecule has 160 valence electrons. The van der Waals surface area contributed by atoms with Crippen LogP contribution in [0.3, 0.4) is 0 Å². The van der Waals surface area contributed by atoms with Crippen LogP contribution in [-0.2, 0) is 18.3 Å². The highest BCUT2D eigenvalue weighted by atomic mass is 16.2. The number of rotatable bonds is 5. The molecule has 31 heavy (non-hydrogen) atoms. The molecular formula is C24H28N6O. The number of fused-ring (bicyclic) bond motifs is 2. The zero-order valence-electron chi connectivity index (χ0n) is 18.1. The molecule has 1 aliphatic rings. The minimum absolute atomic E-state index is 0.0244. The number of aromatic nitrogens is 4. The van der Waals surface area contributed by atoms with E-state index < -0.39 is 0 Å². The molecule has 2 aromatic carbocycles. The Morgan fingerprint density at radius 2 is 2.06 bits per heavy atom. The van der Waals surface area contributed by atoms with Crippen molar-refractivity contribution in [2.24, 2.45) is 13.0 Å². The van der Waals surface area contributed by atoms with Crippen molar-refractivity contribution >= 4 is 33.7 Å². The first-order valence-electron chi connectivity index (χ1n) is 10.9. The number of para-hydroxylation sites is 2. The molecule has 4 aromatic rings. The van der Waals surface area contributed by atoms with Gasteiger partial charge in [0.25, 0.3) is 0 Å². The molecule has 0 saturated carbocycles. The maximum absolute atomic E-state index is 12.7. The second-order valence-corrected chi connectivity index (χ2v) is 8.62. The Kier molecular flexibility index (Phi) is 5.19. The van der Waals surface area contributed by atoms with Crippen LogP contribution in [0.15, 0.2) is 42.5 Å². The quantitative estimate of drug-likeness (QED) is 0.521. The van der Waals surface area contributed by atoms with Gasteiger partial charge in [0.15, 0.2) is 0 Å². The number of anilines is 1. The summed E-state index contributed by atoms with van der Waals surface area (Å²) in [7, 11) is 2.00. The largest absolute Gasteiger partial charge is 0.342 e. The highest BCUT2D eigenvalue weighted by Crippen LogP contribution is 2.22. The van der Waals surface area contributed by atoms with Crippen LogP contribution in [0.2, 0.25) is 0 Å². The lowest BCUT2D eigenvalue weighted by atomic mass is 9.94. The third-order valence-corrected chi connectivity index (χ3v) is 6.28. The number of piperidine rings is 1. The Morgan fingerprint density at radius 3 is 2.94 bits per heavy atom. The van der Waals surface area contributed by atoms with Crippen molar-refractivity contribution in [1.82, 2.24) is 24.4 Å². The summed E-state index contributed by atoms with van der Waals surface area (Å²) in [5.74, 6) is 2.53. The summed E-state index contributed by atoms with van der Waals surface area (Å²) >= 11 is 0. The predicted molar refractivity (Wildman–Crippen MR) is 123 cm³/mol. The number of hydrogen-bond acceptors (Lipinski definition) is 4. The standard InChI is InChI=1S/C24H28N6O/c1-16-25-21-13-18(9-10-22(21)29(16)2)26-24(31)15-30-11-5-6-17(14-30)12-23-27-19-7-3-4-8-20(19)28-23/h3-4,7-10,13,17H,5-6,11-12,14-15H2,1-2H3,(H,26,31)(H,27,28)/t17-/m0/s1. The van der Waals surface area contributed by atoms with E-state index in [2.05, 4.69) is 30.8 Å². The number of H-pyrrole nitrogens is 1. The SMILES string of the molecule is Cc1nc2cc(NC(=O)CN3CCC[C@@H](Cc4nc5ccccc5[nH]4)C3)ccc2n1C. The molecule has 5 rings (SSSR count). The van der Waals surface area contributed by atoms with E-state index in [1.165, 1.54) is 6.42 Å². The van der Waals surface area contributed by atoms with E-state index in [-0.39, 0.29) is 5.91 Å². The van der Waals surface area contributed by atoms with E-state index in [0.29, 0.717) is 12.5 Å². The molecule has 0 unspecified atom stereocenters. The van der Waals surface area contributed by atoms with E-state index in [1.54, 1.807) is 0 Å². The number of aryl methyl sites for hydroxylation is 2. The third-order valence-electron chi connectivity index (χ3n) is 6.28. The average molecular weight is 417 g/mol. The van der Waals surface area contributed by atoms with Gasteiger partial charge in [0.1, 0.15) is 11.6 Å². The average Bonchev–Trinajstić information content (AvgIpc) is 3.27. The highest BCUT2D eigenvalue weighted by molar-refractivity contribution is 5.94. The van der Waals surface area contributed by atoms with Crippen molar-refractivity contribution in [2.45, 2.75) is 26.2 Å². The number of carbonyl (C=O) groups excluding carboxylic acids is 1. The van der Waals surface area contributed by atoms with Crippen molar-refractivity contribution in [2.75, 3.05) is 25.0 Å². The molecule has 1 fully saturated rings. The third kappa shape index (κ3) is 4.18. The molecule has 7 heteroatoms. The Morgan fingerprint density at radius 1 is 1.19 bits per heavy atom. The molecule has 0 bridgehead atoms. The summed E-state index contributed by atoms with van der Waals surface area (Å²) in [5.41, 5.74) is 4.88. The first-order valence-corrected chi connectivity index (χ1v) is 10.9. The molecule has 2 aromatic heterocycles. The molecule has 1 amide bonds. The number of nitrogens with one attached hydrogen (secondary N) is 2. The van der Waals surface area contributed by atoms with Gasteiger partial charge in [-0.1, -0.05) is 12.1 Å². The second-order valence-electron chi connectivity index (χ2n) is 8.62. The summed E-state index contributed by atoms with van der Waals surface area (Å²) < 4.78 is 2.05. The molecular weight excluding hydrogens is 388 g/mol. The zero-order chi connectivity index (χ0) is 21.4. The van der Waals surface area contributed by atoms with Gasteiger partial charge in [0.2, 0.25) is 5.91 Å². The summed E-state index contributed by atoms with van der Waals surface area (Å²) in [5, 5.41) is 3.04.